The summed E-state index contributed by atoms with van der Waals surface area (Å²) in [5.41, 5.74) is 12.5. The van der Waals surface area contributed by atoms with E-state index in [0.717, 1.165) is 0 Å². The molecule has 0 aliphatic carbocycles. The Bertz CT molecular complexity index is 4020. The van der Waals surface area contributed by atoms with E-state index in [9.17, 15) is 0 Å². The SMILES string of the molecule is C[Si]1(C)c2ccccc2N(c2ccc3c(-c4cccc5ccccc45)c4cc(N5c6ccccc6[Si](C)(C)c6ccccc65)ccc4c(-c4ccc5sc6ccccc6c5c4)c3c2)c2ccccc21. The molecule has 3 heterocycles. The number of rotatable bonds is 4. The Kier molecular flexibility index (Phi) is 8.79. The van der Waals surface area contributed by atoms with E-state index in [0.29, 0.717) is 0 Å². The molecule has 14 rings (SSSR count). The largest absolute Gasteiger partial charge is 0.311 e. The number of fused-ring (bicyclic) bond motifs is 10. The zero-order valence-electron chi connectivity index (χ0n) is 39.1. The number of anilines is 6. The molecule has 0 N–H and O–H groups in total. The van der Waals surface area contributed by atoms with Gasteiger partial charge in [0.15, 0.2) is 0 Å². The van der Waals surface area contributed by atoms with Gasteiger partial charge in [0.2, 0.25) is 0 Å². The van der Waals surface area contributed by atoms with Crippen LogP contribution in [0.2, 0.25) is 26.2 Å². The van der Waals surface area contributed by atoms with Crippen molar-refractivity contribution in [1.82, 2.24) is 0 Å². The predicted molar refractivity (Wildman–Crippen MR) is 306 cm³/mol. The fourth-order valence-corrected chi connectivity index (χ4v) is 19.4. The van der Waals surface area contributed by atoms with E-state index in [1.807, 2.05) is 11.3 Å². The zero-order chi connectivity index (χ0) is 46.2. The summed E-state index contributed by atoms with van der Waals surface area (Å²) in [6, 6.07) is 83.2. The van der Waals surface area contributed by atoms with Gasteiger partial charge in [-0.25, -0.2) is 0 Å². The summed E-state index contributed by atoms with van der Waals surface area (Å²) in [4.78, 5) is 5.09. The van der Waals surface area contributed by atoms with Crippen molar-refractivity contribution < 1.29 is 0 Å². The van der Waals surface area contributed by atoms with Crippen LogP contribution in [0.15, 0.2) is 218 Å². The maximum Gasteiger partial charge on any atom is 0.117 e. The van der Waals surface area contributed by atoms with Gasteiger partial charge in [0, 0.05) is 54.3 Å². The Morgan fingerprint density at radius 3 is 1.35 bits per heavy atom. The van der Waals surface area contributed by atoms with Crippen LogP contribution in [0.3, 0.4) is 0 Å². The summed E-state index contributed by atoms with van der Waals surface area (Å²) in [5.74, 6) is 0. The molecule has 0 unspecified atom stereocenters. The number of para-hydroxylation sites is 4. The first-order valence-electron chi connectivity index (χ1n) is 24.2. The summed E-state index contributed by atoms with van der Waals surface area (Å²) in [5, 5.41) is 15.9. The van der Waals surface area contributed by atoms with Crippen molar-refractivity contribution in [2.24, 2.45) is 0 Å². The first kappa shape index (κ1) is 40.5. The van der Waals surface area contributed by atoms with Gasteiger partial charge in [0.1, 0.15) is 16.1 Å². The monoisotopic (exact) mass is 932 g/mol. The van der Waals surface area contributed by atoms with Gasteiger partial charge in [0.05, 0.1) is 0 Å². The van der Waals surface area contributed by atoms with Crippen LogP contribution in [0.25, 0.3) is 74.7 Å². The average molecular weight is 933 g/mol. The highest BCUT2D eigenvalue weighted by atomic mass is 32.1. The molecule has 2 aliphatic heterocycles. The molecule has 5 heteroatoms. The predicted octanol–water partition coefficient (Wildman–Crippen LogP) is 16.1. The zero-order valence-corrected chi connectivity index (χ0v) is 41.9. The Labute approximate surface area is 409 Å². The van der Waals surface area contributed by atoms with Gasteiger partial charge in [-0.3, -0.25) is 0 Å². The first-order chi connectivity index (χ1) is 33.8. The minimum absolute atomic E-state index is 1.17. The minimum atomic E-state index is -2.00. The Morgan fingerprint density at radius 2 is 0.768 bits per heavy atom. The summed E-state index contributed by atoms with van der Waals surface area (Å²) < 4.78 is 2.63. The normalized spacial score (nSPS) is 14.6. The maximum atomic E-state index is 2.54. The van der Waals surface area contributed by atoms with E-state index >= 15 is 0 Å². The molecule has 1 aromatic heterocycles. The molecule has 2 aliphatic rings. The van der Waals surface area contributed by atoms with Crippen molar-refractivity contribution in [3.8, 4) is 22.3 Å². The minimum Gasteiger partial charge on any atom is -0.311 e. The lowest BCUT2D eigenvalue weighted by Crippen LogP contribution is -2.58. The van der Waals surface area contributed by atoms with Crippen LogP contribution in [0.5, 0.6) is 0 Å². The third kappa shape index (κ3) is 5.88. The Hall–Kier alpha value is -7.55. The van der Waals surface area contributed by atoms with E-state index < -0.39 is 16.1 Å². The number of hydrogen-bond donors (Lipinski definition) is 0. The van der Waals surface area contributed by atoms with Gasteiger partial charge < -0.3 is 9.80 Å². The number of thiophene rings is 1. The van der Waals surface area contributed by atoms with E-state index in [4.69, 9.17) is 0 Å². The molecule has 0 spiro atoms. The quantitative estimate of drug-likeness (QED) is 0.128. The van der Waals surface area contributed by atoms with Gasteiger partial charge in [-0.05, 0) is 142 Å². The highest BCUT2D eigenvalue weighted by Crippen LogP contribution is 2.51. The molecule has 328 valence electrons. The average Bonchev–Trinajstić information content (AvgIpc) is 3.76. The van der Waals surface area contributed by atoms with E-state index in [-0.39, 0.29) is 0 Å². The fraction of sp³-hybridized carbons (Fsp3) is 0.0625. The number of benzene rings is 11. The standard InChI is InChI=1S/C64H48N2SSi2/c1-68(2)59-28-13-8-23-53(59)65(54-24-9-14-29-60(54)68)43-34-36-49-51(39-43)63(42-32-37-58-50(38-42)46-21-7-12-27-57(46)67-58)48-35-33-44(40-52(48)64(49)47-22-17-19-41-18-5-6-20-45(41)47)66-55-25-10-15-30-61(55)69(3,4)62-31-16-11-26-56(62)66/h5-40H,1-4H3. The topological polar surface area (TPSA) is 6.48 Å². The summed E-state index contributed by atoms with van der Waals surface area (Å²) in [6.07, 6.45) is 0. The molecule has 11 aromatic carbocycles. The van der Waals surface area contributed by atoms with Gasteiger partial charge in [0.25, 0.3) is 0 Å². The summed E-state index contributed by atoms with van der Waals surface area (Å²) >= 11 is 1.88. The van der Waals surface area contributed by atoms with Crippen molar-refractivity contribution in [2.75, 3.05) is 9.80 Å². The molecule has 0 radical (unpaired) electrons. The van der Waals surface area contributed by atoms with Gasteiger partial charge in [-0.2, -0.15) is 0 Å². The second-order valence-corrected chi connectivity index (χ2v) is 29.8. The second kappa shape index (κ2) is 15.0. The molecule has 0 saturated carbocycles. The van der Waals surface area contributed by atoms with E-state index in [1.165, 1.54) is 130 Å². The van der Waals surface area contributed by atoms with Gasteiger partial charge in [-0.15, -0.1) is 11.3 Å². The molecule has 69 heavy (non-hydrogen) atoms. The van der Waals surface area contributed by atoms with Crippen LogP contribution >= 0.6 is 11.3 Å². The van der Waals surface area contributed by atoms with Crippen molar-refractivity contribution in [2.45, 2.75) is 26.2 Å². The smallest absolute Gasteiger partial charge is 0.117 e. The van der Waals surface area contributed by atoms with Crippen LogP contribution in [0.1, 0.15) is 0 Å². The second-order valence-electron chi connectivity index (χ2n) is 20.0. The summed E-state index contributed by atoms with van der Waals surface area (Å²) in [6.45, 7) is 10.0. The third-order valence-corrected chi connectivity index (χ3v) is 23.8. The lowest BCUT2D eigenvalue weighted by Gasteiger charge is -2.41. The maximum absolute atomic E-state index is 2.54. The van der Waals surface area contributed by atoms with Crippen molar-refractivity contribution in [3.05, 3.63) is 218 Å². The van der Waals surface area contributed by atoms with Crippen LogP contribution in [0, 0.1) is 0 Å². The van der Waals surface area contributed by atoms with Crippen LogP contribution in [0.4, 0.5) is 34.1 Å². The van der Waals surface area contributed by atoms with E-state index in [1.54, 1.807) is 0 Å². The molecule has 0 fully saturated rings. The van der Waals surface area contributed by atoms with Crippen molar-refractivity contribution in [3.63, 3.8) is 0 Å². The number of nitrogens with zero attached hydrogens (tertiary/aromatic N) is 2. The van der Waals surface area contributed by atoms with Crippen LogP contribution < -0.4 is 30.5 Å². The highest BCUT2D eigenvalue weighted by molar-refractivity contribution is 7.25. The molecular weight excluding hydrogens is 885 g/mol. The third-order valence-electron chi connectivity index (χ3n) is 15.6. The molecule has 0 amide bonds. The first-order valence-corrected chi connectivity index (χ1v) is 31.0. The van der Waals surface area contributed by atoms with Crippen LogP contribution in [-0.2, 0) is 0 Å². The Balaban J connectivity index is 1.12. The lowest BCUT2D eigenvalue weighted by atomic mass is 9.84. The molecule has 0 atom stereocenters. The van der Waals surface area contributed by atoms with E-state index in [2.05, 4.69) is 254 Å². The molecule has 2 nitrogen and oxygen atoms in total. The lowest BCUT2D eigenvalue weighted by molar-refractivity contribution is 1.29. The van der Waals surface area contributed by atoms with Crippen molar-refractivity contribution >= 4 is 135 Å². The number of hydrogen-bond acceptors (Lipinski definition) is 3. The van der Waals surface area contributed by atoms with Crippen molar-refractivity contribution in [1.29, 1.82) is 0 Å². The van der Waals surface area contributed by atoms with Crippen LogP contribution in [-0.4, -0.2) is 16.1 Å². The Morgan fingerprint density at radius 1 is 0.319 bits per heavy atom. The van der Waals surface area contributed by atoms with Gasteiger partial charge >= 0.3 is 0 Å². The fourth-order valence-electron chi connectivity index (χ4n) is 12.3. The summed E-state index contributed by atoms with van der Waals surface area (Å²) in [7, 11) is -3.99. The molecular formula is C64H48N2SSi2. The molecule has 0 saturated heterocycles. The highest BCUT2D eigenvalue weighted by Gasteiger charge is 2.40. The molecule has 0 bridgehead atoms. The van der Waals surface area contributed by atoms with Gasteiger partial charge in [-0.1, -0.05) is 178 Å². The molecule has 12 aromatic rings.